The SMILES string of the molecule is C/C(=C\Cl)CN1CCCC(C(C)N)C1. The molecule has 0 aromatic carbocycles. The fourth-order valence-corrected chi connectivity index (χ4v) is 2.12. The van der Waals surface area contributed by atoms with E-state index >= 15 is 0 Å². The second kappa shape index (κ2) is 5.74. The van der Waals surface area contributed by atoms with E-state index in [4.69, 9.17) is 17.3 Å². The lowest BCUT2D eigenvalue weighted by molar-refractivity contribution is 0.172. The molecule has 2 unspecified atom stereocenters. The van der Waals surface area contributed by atoms with Gasteiger partial charge in [0.1, 0.15) is 0 Å². The minimum absolute atomic E-state index is 0.318. The van der Waals surface area contributed by atoms with Gasteiger partial charge in [0, 0.05) is 24.7 Å². The summed E-state index contributed by atoms with van der Waals surface area (Å²) in [5, 5.41) is 0. The second-order valence-corrected chi connectivity index (χ2v) is 4.67. The first-order chi connectivity index (χ1) is 6.63. The first-order valence-electron chi connectivity index (χ1n) is 5.37. The van der Waals surface area contributed by atoms with Gasteiger partial charge in [-0.25, -0.2) is 0 Å². The molecule has 0 amide bonds. The van der Waals surface area contributed by atoms with Gasteiger partial charge >= 0.3 is 0 Å². The van der Waals surface area contributed by atoms with E-state index < -0.39 is 0 Å². The van der Waals surface area contributed by atoms with Gasteiger partial charge in [-0.1, -0.05) is 11.6 Å². The van der Waals surface area contributed by atoms with Gasteiger partial charge in [-0.05, 0) is 44.7 Å². The Morgan fingerprint density at radius 3 is 3.00 bits per heavy atom. The molecule has 82 valence electrons. The maximum atomic E-state index is 5.93. The van der Waals surface area contributed by atoms with Crippen molar-refractivity contribution < 1.29 is 0 Å². The molecule has 3 heteroatoms. The molecular formula is C11H21ClN2. The summed E-state index contributed by atoms with van der Waals surface area (Å²) in [5.74, 6) is 0.659. The van der Waals surface area contributed by atoms with Gasteiger partial charge in [-0.3, -0.25) is 4.90 Å². The van der Waals surface area contributed by atoms with Crippen LogP contribution in [-0.4, -0.2) is 30.6 Å². The highest BCUT2D eigenvalue weighted by Crippen LogP contribution is 2.19. The molecule has 2 nitrogen and oxygen atoms in total. The topological polar surface area (TPSA) is 29.3 Å². The Kier molecular flexibility index (Phi) is 4.93. The molecule has 0 radical (unpaired) electrons. The number of likely N-dealkylation sites (tertiary alicyclic amines) is 1. The number of nitrogens with zero attached hydrogens (tertiary/aromatic N) is 1. The molecule has 2 N–H and O–H groups in total. The van der Waals surface area contributed by atoms with Crippen molar-refractivity contribution >= 4 is 11.6 Å². The average molecular weight is 217 g/mol. The summed E-state index contributed by atoms with van der Waals surface area (Å²) < 4.78 is 0. The molecule has 0 spiro atoms. The van der Waals surface area contributed by atoms with Crippen LogP contribution in [-0.2, 0) is 0 Å². The second-order valence-electron chi connectivity index (χ2n) is 4.45. The van der Waals surface area contributed by atoms with E-state index in [0.29, 0.717) is 12.0 Å². The molecule has 0 aromatic heterocycles. The van der Waals surface area contributed by atoms with Crippen LogP contribution in [0.1, 0.15) is 26.7 Å². The molecule has 2 atom stereocenters. The smallest absolute Gasteiger partial charge is 0.0201 e. The third-order valence-electron chi connectivity index (χ3n) is 2.94. The Hall–Kier alpha value is -0.0500. The summed E-state index contributed by atoms with van der Waals surface area (Å²) >= 11 is 5.66. The molecule has 1 heterocycles. The van der Waals surface area contributed by atoms with Crippen LogP contribution < -0.4 is 5.73 Å². The van der Waals surface area contributed by atoms with E-state index in [9.17, 15) is 0 Å². The van der Waals surface area contributed by atoms with Crippen LogP contribution in [0.5, 0.6) is 0 Å². The Morgan fingerprint density at radius 2 is 2.43 bits per heavy atom. The lowest BCUT2D eigenvalue weighted by Gasteiger charge is -2.34. The highest BCUT2D eigenvalue weighted by molar-refractivity contribution is 6.25. The van der Waals surface area contributed by atoms with Crippen molar-refractivity contribution in [3.63, 3.8) is 0 Å². The van der Waals surface area contributed by atoms with E-state index in [-0.39, 0.29) is 0 Å². The standard InChI is InChI=1S/C11H21ClN2/c1-9(6-12)7-14-5-3-4-11(8-14)10(2)13/h6,10-11H,3-5,7-8,13H2,1-2H3/b9-6+. The minimum Gasteiger partial charge on any atom is -0.328 e. The maximum absolute atomic E-state index is 5.93. The van der Waals surface area contributed by atoms with Crippen molar-refractivity contribution in [3.05, 3.63) is 11.1 Å². The number of piperidine rings is 1. The van der Waals surface area contributed by atoms with Crippen molar-refractivity contribution in [3.8, 4) is 0 Å². The van der Waals surface area contributed by atoms with Gasteiger partial charge in [-0.2, -0.15) is 0 Å². The fourth-order valence-electron chi connectivity index (χ4n) is 2.05. The first-order valence-corrected chi connectivity index (χ1v) is 5.81. The molecule has 1 saturated heterocycles. The van der Waals surface area contributed by atoms with Gasteiger partial charge in [0.05, 0.1) is 0 Å². The van der Waals surface area contributed by atoms with Crippen LogP contribution >= 0.6 is 11.6 Å². The lowest BCUT2D eigenvalue weighted by atomic mass is 9.92. The molecule has 1 rings (SSSR count). The lowest BCUT2D eigenvalue weighted by Crippen LogP contribution is -2.42. The molecular weight excluding hydrogens is 196 g/mol. The monoisotopic (exact) mass is 216 g/mol. The number of halogens is 1. The quantitative estimate of drug-likeness (QED) is 0.784. The number of rotatable bonds is 3. The Bertz CT molecular complexity index is 201. The Morgan fingerprint density at radius 1 is 1.71 bits per heavy atom. The third-order valence-corrected chi connectivity index (χ3v) is 3.32. The van der Waals surface area contributed by atoms with E-state index in [1.54, 1.807) is 5.54 Å². The van der Waals surface area contributed by atoms with Crippen LogP contribution in [0.25, 0.3) is 0 Å². The molecule has 0 bridgehead atoms. The summed E-state index contributed by atoms with van der Waals surface area (Å²) in [6.07, 6.45) is 2.54. The number of hydrogen-bond donors (Lipinski definition) is 1. The van der Waals surface area contributed by atoms with Crippen molar-refractivity contribution in [2.24, 2.45) is 11.7 Å². The molecule has 14 heavy (non-hydrogen) atoms. The van der Waals surface area contributed by atoms with E-state index in [1.807, 2.05) is 0 Å². The van der Waals surface area contributed by atoms with Crippen LogP contribution in [0, 0.1) is 5.92 Å². The Labute approximate surface area is 92.1 Å². The number of hydrogen-bond acceptors (Lipinski definition) is 2. The van der Waals surface area contributed by atoms with Crippen LogP contribution in [0.3, 0.4) is 0 Å². The minimum atomic E-state index is 0.318. The summed E-state index contributed by atoms with van der Waals surface area (Å²) in [6, 6.07) is 0.318. The molecule has 1 aliphatic rings. The van der Waals surface area contributed by atoms with Gasteiger partial charge in [-0.15, -0.1) is 0 Å². The maximum Gasteiger partial charge on any atom is 0.0201 e. The van der Waals surface area contributed by atoms with Crippen molar-refractivity contribution in [1.82, 2.24) is 4.90 Å². The van der Waals surface area contributed by atoms with Gasteiger partial charge in [0.2, 0.25) is 0 Å². The predicted octanol–water partition coefficient (Wildman–Crippen LogP) is 2.19. The first kappa shape index (κ1) is 12.0. The van der Waals surface area contributed by atoms with E-state index in [0.717, 1.165) is 13.1 Å². The molecule has 0 aromatic rings. The molecule has 1 fully saturated rings. The molecule has 1 aliphatic heterocycles. The summed E-state index contributed by atoms with van der Waals surface area (Å²) in [7, 11) is 0. The van der Waals surface area contributed by atoms with Gasteiger partial charge in [0.15, 0.2) is 0 Å². The summed E-state index contributed by atoms with van der Waals surface area (Å²) in [4.78, 5) is 2.45. The average Bonchev–Trinajstić information content (AvgIpc) is 2.18. The highest BCUT2D eigenvalue weighted by Gasteiger charge is 2.22. The van der Waals surface area contributed by atoms with E-state index in [1.165, 1.54) is 25.0 Å². The van der Waals surface area contributed by atoms with Gasteiger partial charge in [0.25, 0.3) is 0 Å². The summed E-state index contributed by atoms with van der Waals surface area (Å²) in [6.45, 7) is 7.48. The zero-order chi connectivity index (χ0) is 10.6. The van der Waals surface area contributed by atoms with Gasteiger partial charge < -0.3 is 5.73 Å². The predicted molar refractivity (Wildman–Crippen MR) is 62.4 cm³/mol. The largest absolute Gasteiger partial charge is 0.328 e. The normalized spacial score (nSPS) is 27.7. The van der Waals surface area contributed by atoms with Crippen molar-refractivity contribution in [2.45, 2.75) is 32.7 Å². The van der Waals surface area contributed by atoms with Crippen molar-refractivity contribution in [2.75, 3.05) is 19.6 Å². The van der Waals surface area contributed by atoms with Crippen LogP contribution in [0.15, 0.2) is 11.1 Å². The molecule has 0 aliphatic carbocycles. The van der Waals surface area contributed by atoms with Crippen LogP contribution in [0.2, 0.25) is 0 Å². The summed E-state index contributed by atoms with van der Waals surface area (Å²) in [5.41, 5.74) is 8.83. The highest BCUT2D eigenvalue weighted by atomic mass is 35.5. The van der Waals surface area contributed by atoms with Crippen molar-refractivity contribution in [1.29, 1.82) is 0 Å². The Balaban J connectivity index is 2.40. The number of nitrogens with two attached hydrogens (primary N) is 1. The third kappa shape index (κ3) is 3.60. The zero-order valence-corrected chi connectivity index (χ0v) is 9.93. The van der Waals surface area contributed by atoms with Crippen LogP contribution in [0.4, 0.5) is 0 Å². The zero-order valence-electron chi connectivity index (χ0n) is 9.17. The fraction of sp³-hybridized carbons (Fsp3) is 0.818. The van der Waals surface area contributed by atoms with E-state index in [2.05, 4.69) is 18.7 Å². The molecule has 0 saturated carbocycles.